The van der Waals surface area contributed by atoms with Gasteiger partial charge in [0.05, 0.1) is 16.6 Å². The van der Waals surface area contributed by atoms with Crippen molar-refractivity contribution < 1.29 is 24.2 Å². The second kappa shape index (κ2) is 8.33. The summed E-state index contributed by atoms with van der Waals surface area (Å²) in [6, 6.07) is 5.18. The van der Waals surface area contributed by atoms with Gasteiger partial charge in [-0.2, -0.15) is 0 Å². The quantitative estimate of drug-likeness (QED) is 0.537. The minimum atomic E-state index is -0.856. The molecule has 8 heteroatoms. The molecule has 5 rings (SSSR count). The molecule has 2 fully saturated rings. The Morgan fingerprint density at radius 2 is 1.91 bits per heavy atom. The minimum Gasteiger partial charge on any atom is -0.461 e. The van der Waals surface area contributed by atoms with Crippen LogP contribution in [-0.4, -0.2) is 70.1 Å². The maximum Gasteiger partial charge on any atom is 0.311 e. The molecule has 33 heavy (non-hydrogen) atoms. The van der Waals surface area contributed by atoms with Crippen LogP contribution in [0.1, 0.15) is 17.5 Å². The van der Waals surface area contributed by atoms with Gasteiger partial charge in [-0.25, -0.2) is 0 Å². The molecule has 4 aliphatic heterocycles. The van der Waals surface area contributed by atoms with Gasteiger partial charge < -0.3 is 19.6 Å². The molecule has 2 amide bonds. The number of fused-ring (bicyclic) bond motifs is 2. The Morgan fingerprint density at radius 3 is 2.64 bits per heavy atom. The van der Waals surface area contributed by atoms with Crippen molar-refractivity contribution in [2.75, 3.05) is 31.2 Å². The van der Waals surface area contributed by atoms with E-state index in [4.69, 9.17) is 4.74 Å². The van der Waals surface area contributed by atoms with Gasteiger partial charge in [-0.3, -0.25) is 14.4 Å². The van der Waals surface area contributed by atoms with Gasteiger partial charge in [0.25, 0.3) is 5.91 Å². The summed E-state index contributed by atoms with van der Waals surface area (Å²) in [6.45, 7) is 4.75. The highest BCUT2D eigenvalue weighted by molar-refractivity contribution is 8.02. The third-order valence-corrected chi connectivity index (χ3v) is 8.92. The van der Waals surface area contributed by atoms with Crippen LogP contribution >= 0.6 is 11.8 Å². The fourth-order valence-electron chi connectivity index (χ4n) is 5.88. The number of para-hydroxylation sites is 1. The molecule has 1 spiro atoms. The Hall–Kier alpha value is -2.58. The summed E-state index contributed by atoms with van der Waals surface area (Å²) >= 11 is 1.53. The second-order valence-electron chi connectivity index (χ2n) is 9.10. The van der Waals surface area contributed by atoms with Crippen LogP contribution in [0.5, 0.6) is 0 Å². The van der Waals surface area contributed by atoms with E-state index in [2.05, 4.69) is 0 Å². The van der Waals surface area contributed by atoms with Gasteiger partial charge in [-0.15, -0.1) is 11.8 Å². The monoisotopic (exact) mass is 468 g/mol. The van der Waals surface area contributed by atoms with Gasteiger partial charge in [-0.1, -0.05) is 42.5 Å². The number of benzene rings is 1. The van der Waals surface area contributed by atoms with Gasteiger partial charge in [0, 0.05) is 30.6 Å². The van der Waals surface area contributed by atoms with E-state index in [0.717, 1.165) is 16.8 Å². The number of likely N-dealkylation sites (tertiary alicyclic amines) is 1. The van der Waals surface area contributed by atoms with Crippen molar-refractivity contribution in [3.63, 3.8) is 0 Å². The normalized spacial score (nSPS) is 32.9. The molecule has 0 bridgehead atoms. The van der Waals surface area contributed by atoms with Crippen LogP contribution in [-0.2, 0) is 19.1 Å². The number of aryl methyl sites for hydroxylation is 2. The molecule has 0 aromatic heterocycles. The van der Waals surface area contributed by atoms with E-state index in [1.54, 1.807) is 9.80 Å². The Kier molecular flexibility index (Phi) is 5.61. The first kappa shape index (κ1) is 22.2. The SMILES string of the molecule is Cc1cccc(C)c1N1CC=C[C@]23S[C@@H]4C=CCOC(=O)[C@@H]4[C@H]2C(=O)N(CCCO)C3C1=O. The second-order valence-corrected chi connectivity index (χ2v) is 10.6. The van der Waals surface area contributed by atoms with E-state index >= 15 is 0 Å². The summed E-state index contributed by atoms with van der Waals surface area (Å²) < 4.78 is 4.52. The maximum atomic E-state index is 14.2. The Morgan fingerprint density at radius 1 is 1.15 bits per heavy atom. The third kappa shape index (κ3) is 3.26. The summed E-state index contributed by atoms with van der Waals surface area (Å²) in [5, 5.41) is 9.24. The number of aliphatic hydroxyl groups excluding tert-OH is 1. The first-order chi connectivity index (χ1) is 15.9. The van der Waals surface area contributed by atoms with Gasteiger partial charge in [0.15, 0.2) is 0 Å². The van der Waals surface area contributed by atoms with Crippen molar-refractivity contribution in [2.45, 2.75) is 36.3 Å². The van der Waals surface area contributed by atoms with Gasteiger partial charge >= 0.3 is 5.97 Å². The minimum absolute atomic E-state index is 0.0806. The lowest BCUT2D eigenvalue weighted by Gasteiger charge is -2.36. The number of rotatable bonds is 4. The number of amides is 2. The number of esters is 1. The topological polar surface area (TPSA) is 87.2 Å². The predicted molar refractivity (Wildman–Crippen MR) is 126 cm³/mol. The van der Waals surface area contributed by atoms with Gasteiger partial charge in [0.1, 0.15) is 12.6 Å². The molecule has 5 atom stereocenters. The highest BCUT2D eigenvalue weighted by Crippen LogP contribution is 2.61. The summed E-state index contributed by atoms with van der Waals surface area (Å²) in [7, 11) is 0. The molecule has 1 aromatic carbocycles. The molecule has 4 heterocycles. The fourth-order valence-corrected chi connectivity index (χ4v) is 7.88. The predicted octanol–water partition coefficient (Wildman–Crippen LogP) is 2.00. The third-order valence-electron chi connectivity index (χ3n) is 7.18. The van der Waals surface area contributed by atoms with E-state index in [-0.39, 0.29) is 42.8 Å². The lowest BCUT2D eigenvalue weighted by molar-refractivity contribution is -0.151. The molecule has 2 saturated heterocycles. The van der Waals surface area contributed by atoms with Crippen LogP contribution in [0.15, 0.2) is 42.5 Å². The Bertz CT molecular complexity index is 1050. The average Bonchev–Trinajstić information content (AvgIpc) is 3.08. The molecular weight excluding hydrogens is 440 g/mol. The number of ether oxygens (including phenoxy) is 1. The van der Waals surface area contributed by atoms with Crippen molar-refractivity contribution in [1.29, 1.82) is 0 Å². The number of nitrogens with zero attached hydrogens (tertiary/aromatic N) is 2. The number of hydrogen-bond donors (Lipinski definition) is 1. The lowest BCUT2D eigenvalue weighted by atomic mass is 9.78. The smallest absolute Gasteiger partial charge is 0.311 e. The molecule has 0 aliphatic carbocycles. The Balaban J connectivity index is 1.64. The van der Waals surface area contributed by atoms with Crippen LogP contribution in [0.2, 0.25) is 0 Å². The van der Waals surface area contributed by atoms with Crippen LogP contribution in [0.25, 0.3) is 0 Å². The number of cyclic esters (lactones) is 1. The van der Waals surface area contributed by atoms with E-state index in [9.17, 15) is 19.5 Å². The number of thioether (sulfide) groups is 1. The summed E-state index contributed by atoms with van der Waals surface area (Å²) in [4.78, 5) is 44.3. The molecule has 4 aliphatic rings. The van der Waals surface area contributed by atoms with E-state index in [1.165, 1.54) is 11.8 Å². The zero-order valence-corrected chi connectivity index (χ0v) is 19.6. The van der Waals surface area contributed by atoms with Crippen molar-refractivity contribution in [2.24, 2.45) is 11.8 Å². The Labute approximate surface area is 197 Å². The number of anilines is 1. The molecule has 1 unspecified atom stereocenters. The van der Waals surface area contributed by atoms with Crippen LogP contribution in [0.3, 0.4) is 0 Å². The van der Waals surface area contributed by atoms with Crippen LogP contribution < -0.4 is 4.90 Å². The molecule has 174 valence electrons. The zero-order chi connectivity index (χ0) is 23.3. The number of carbonyl (C=O) groups is 3. The van der Waals surface area contributed by atoms with Crippen LogP contribution in [0.4, 0.5) is 5.69 Å². The summed E-state index contributed by atoms with van der Waals surface area (Å²) in [5.74, 6) is -2.04. The van der Waals surface area contributed by atoms with E-state index < -0.39 is 22.6 Å². The van der Waals surface area contributed by atoms with Crippen molar-refractivity contribution in [1.82, 2.24) is 4.90 Å². The first-order valence-electron chi connectivity index (χ1n) is 11.4. The van der Waals surface area contributed by atoms with Crippen molar-refractivity contribution >= 4 is 35.2 Å². The van der Waals surface area contributed by atoms with Crippen molar-refractivity contribution in [3.05, 3.63) is 53.6 Å². The highest BCUT2D eigenvalue weighted by atomic mass is 32.2. The molecular formula is C25H28N2O5S. The molecule has 1 N–H and O–H groups in total. The van der Waals surface area contributed by atoms with Crippen molar-refractivity contribution in [3.8, 4) is 0 Å². The molecule has 1 aromatic rings. The zero-order valence-electron chi connectivity index (χ0n) is 18.8. The van der Waals surface area contributed by atoms with Gasteiger partial charge in [-0.05, 0) is 31.4 Å². The summed E-state index contributed by atoms with van der Waals surface area (Å²) in [5.41, 5.74) is 2.84. The number of aliphatic hydroxyl groups is 1. The maximum absolute atomic E-state index is 14.2. The highest BCUT2D eigenvalue weighted by Gasteiger charge is 2.71. The summed E-state index contributed by atoms with van der Waals surface area (Å²) in [6.07, 6.45) is 8.09. The molecule has 0 saturated carbocycles. The number of hydrogen-bond acceptors (Lipinski definition) is 6. The lowest BCUT2D eigenvalue weighted by Crippen LogP contribution is -2.53. The van der Waals surface area contributed by atoms with Crippen LogP contribution in [0, 0.1) is 25.7 Å². The molecule has 0 radical (unpaired) electrons. The first-order valence-corrected chi connectivity index (χ1v) is 12.3. The van der Waals surface area contributed by atoms with E-state index in [0.29, 0.717) is 13.0 Å². The van der Waals surface area contributed by atoms with Gasteiger partial charge in [0.2, 0.25) is 5.91 Å². The van der Waals surface area contributed by atoms with E-state index in [1.807, 2.05) is 56.4 Å². The fraction of sp³-hybridized carbons (Fsp3) is 0.480. The number of carbonyl (C=O) groups excluding carboxylic acids is 3. The largest absolute Gasteiger partial charge is 0.461 e. The average molecular weight is 469 g/mol. The standard InChI is InChI=1S/C25H28N2O5S/c1-15-7-3-8-16(2)20(15)26-11-5-10-25-19(18-17(33-25)9-4-14-32-24(18)31)22(29)27(12-6-13-28)21(25)23(26)30/h3-5,7-10,17-19,21,28H,6,11-14H2,1-2H3/t17-,18+,19+,21?,25+/m1/s1. The molecule has 7 nitrogen and oxygen atoms in total.